The number of nitrogens with one attached hydrogen (secondary N) is 1. The van der Waals surface area contributed by atoms with Gasteiger partial charge in [0, 0.05) is 42.9 Å². The lowest BCUT2D eigenvalue weighted by atomic mass is 10.0. The summed E-state index contributed by atoms with van der Waals surface area (Å²) in [7, 11) is 1.53. The maximum Gasteiger partial charge on any atom is 0.335 e. The van der Waals surface area contributed by atoms with Crippen LogP contribution in [-0.4, -0.2) is 80.7 Å². The van der Waals surface area contributed by atoms with Crippen molar-refractivity contribution in [1.29, 1.82) is 0 Å². The summed E-state index contributed by atoms with van der Waals surface area (Å²) >= 11 is 6.31. The van der Waals surface area contributed by atoms with E-state index >= 15 is 0 Å². The van der Waals surface area contributed by atoms with E-state index in [0.717, 1.165) is 26.1 Å². The van der Waals surface area contributed by atoms with Crippen molar-refractivity contribution in [3.05, 3.63) is 65.2 Å². The number of carboxylic acid groups (broad SMARTS) is 1. The van der Waals surface area contributed by atoms with Gasteiger partial charge in [0.1, 0.15) is 36.1 Å². The van der Waals surface area contributed by atoms with Crippen molar-refractivity contribution in [2.24, 2.45) is 0 Å². The van der Waals surface area contributed by atoms with Crippen LogP contribution in [0, 0.1) is 11.6 Å². The minimum absolute atomic E-state index is 0.00978. The van der Waals surface area contributed by atoms with Crippen LogP contribution in [0.3, 0.4) is 0 Å². The maximum absolute atomic E-state index is 14.4. The van der Waals surface area contributed by atoms with E-state index in [1.807, 2.05) is 0 Å². The molecule has 208 valence electrons. The number of carboxylic acids is 1. The van der Waals surface area contributed by atoms with Crippen LogP contribution in [0.5, 0.6) is 5.75 Å². The van der Waals surface area contributed by atoms with Gasteiger partial charge in [-0.3, -0.25) is 14.4 Å². The number of hydrogen-bond donors (Lipinski definition) is 2. The second-order valence-electron chi connectivity index (χ2n) is 9.03. The van der Waals surface area contributed by atoms with Gasteiger partial charge in [-0.15, -0.1) is 4.53 Å². The average Bonchev–Trinajstić information content (AvgIpc) is 2.89. The first-order valence-corrected chi connectivity index (χ1v) is 12.3. The molecule has 2 aromatic rings. The lowest BCUT2D eigenvalue weighted by molar-refractivity contribution is -0.181. The molecular formula is C25H26ClF2N5O6. The Morgan fingerprint density at radius 1 is 1.15 bits per heavy atom. The molecule has 0 radical (unpaired) electrons. The van der Waals surface area contributed by atoms with Crippen LogP contribution in [0.2, 0.25) is 0 Å². The van der Waals surface area contributed by atoms with Crippen LogP contribution in [0.15, 0.2) is 42.5 Å². The molecule has 2 atom stereocenters. The van der Waals surface area contributed by atoms with Crippen molar-refractivity contribution in [2.45, 2.75) is 38.1 Å². The SMILES string of the molecule is COc1ccc(CNC(=O)N2[C@H]3CN(Cc4ccc(F)cc4F)C(=O)[C@H](CCC(=O)O)N3C(=O)CN2Cl)cc1. The number of halogens is 3. The largest absolute Gasteiger partial charge is 0.497 e. The number of aliphatic carboxylic acids is 1. The van der Waals surface area contributed by atoms with Gasteiger partial charge < -0.3 is 25.0 Å². The Morgan fingerprint density at radius 3 is 2.51 bits per heavy atom. The molecule has 14 heteroatoms. The summed E-state index contributed by atoms with van der Waals surface area (Å²) in [5.74, 6) is -3.41. The number of piperazine rings is 1. The predicted molar refractivity (Wildman–Crippen MR) is 133 cm³/mol. The van der Waals surface area contributed by atoms with Crippen LogP contribution in [0.4, 0.5) is 13.6 Å². The van der Waals surface area contributed by atoms with E-state index in [2.05, 4.69) is 5.32 Å². The highest BCUT2D eigenvalue weighted by molar-refractivity contribution is 6.15. The highest BCUT2D eigenvalue weighted by Gasteiger charge is 2.51. The standard InChI is InChI=1S/C25H26ClF2N5O6/c1-39-18-6-2-15(3-7-18)11-29-25(38)33-21-13-30(12-16-4-5-17(27)10-19(16)28)24(37)20(8-9-23(35)36)32(21)22(34)14-31(33)26/h2-7,10,20-21H,8-9,11-14H2,1H3,(H,29,38)(H,35,36)/t20-,21-/m0/s1. The smallest absolute Gasteiger partial charge is 0.335 e. The summed E-state index contributed by atoms with van der Waals surface area (Å²) in [4.78, 5) is 53.4. The van der Waals surface area contributed by atoms with Crippen LogP contribution >= 0.6 is 11.8 Å². The van der Waals surface area contributed by atoms with Gasteiger partial charge in [0.15, 0.2) is 0 Å². The second-order valence-corrected chi connectivity index (χ2v) is 9.42. The van der Waals surface area contributed by atoms with Crippen LogP contribution in [-0.2, 0) is 27.5 Å². The summed E-state index contributed by atoms with van der Waals surface area (Å²) in [6.45, 7) is -0.880. The number of carbonyl (C=O) groups is 4. The monoisotopic (exact) mass is 565 g/mol. The fourth-order valence-electron chi connectivity index (χ4n) is 4.62. The Hall–Kier alpha value is -3.97. The van der Waals surface area contributed by atoms with Gasteiger partial charge in [-0.05, 0) is 30.2 Å². The number of hydrogen-bond acceptors (Lipinski definition) is 6. The molecule has 2 N–H and O–H groups in total. The summed E-state index contributed by atoms with van der Waals surface area (Å²) in [5, 5.41) is 13.0. The fourth-order valence-corrected chi connectivity index (χ4v) is 4.89. The van der Waals surface area contributed by atoms with E-state index in [1.165, 1.54) is 18.1 Å². The van der Waals surface area contributed by atoms with Crippen molar-refractivity contribution in [3.63, 3.8) is 0 Å². The molecule has 2 heterocycles. The number of carbonyl (C=O) groups excluding carboxylic acids is 3. The van der Waals surface area contributed by atoms with Crippen LogP contribution < -0.4 is 10.1 Å². The minimum Gasteiger partial charge on any atom is -0.497 e. The molecule has 0 spiro atoms. The minimum atomic E-state index is -1.24. The van der Waals surface area contributed by atoms with Crippen molar-refractivity contribution in [3.8, 4) is 5.75 Å². The Kier molecular flexibility index (Phi) is 8.51. The molecule has 0 aromatic heterocycles. The third kappa shape index (κ3) is 6.20. The Balaban J connectivity index is 1.60. The van der Waals surface area contributed by atoms with Crippen LogP contribution in [0.1, 0.15) is 24.0 Å². The molecule has 2 fully saturated rings. The van der Waals surface area contributed by atoms with Gasteiger partial charge in [-0.1, -0.05) is 18.2 Å². The van der Waals surface area contributed by atoms with E-state index < -0.39 is 60.6 Å². The topological polar surface area (TPSA) is 123 Å². The fraction of sp³-hybridized carbons (Fsp3) is 0.360. The van der Waals surface area contributed by atoms with E-state index in [0.29, 0.717) is 11.8 Å². The first kappa shape index (κ1) is 28.0. The average molecular weight is 566 g/mol. The van der Waals surface area contributed by atoms with Gasteiger partial charge in [0.05, 0.1) is 13.7 Å². The Labute approximate surface area is 227 Å². The first-order valence-electron chi connectivity index (χ1n) is 12.0. The van der Waals surface area contributed by atoms with E-state index in [4.69, 9.17) is 16.5 Å². The van der Waals surface area contributed by atoms with Gasteiger partial charge in [-0.25, -0.2) is 18.6 Å². The first-order chi connectivity index (χ1) is 18.6. The lowest BCUT2D eigenvalue weighted by Crippen LogP contribution is -2.75. The zero-order chi connectivity index (χ0) is 28.3. The van der Waals surface area contributed by atoms with Crippen molar-refractivity contribution in [1.82, 2.24) is 24.7 Å². The van der Waals surface area contributed by atoms with Crippen molar-refractivity contribution in [2.75, 3.05) is 20.2 Å². The zero-order valence-corrected chi connectivity index (χ0v) is 21.6. The normalized spacial score (nSPS) is 19.6. The molecule has 2 aliphatic heterocycles. The Morgan fingerprint density at radius 2 is 1.87 bits per heavy atom. The molecule has 4 amide bonds. The number of fused-ring (bicyclic) bond motifs is 1. The lowest BCUT2D eigenvalue weighted by Gasteiger charge is -2.53. The number of hydrazine groups is 1. The highest BCUT2D eigenvalue weighted by Crippen LogP contribution is 2.30. The second kappa shape index (κ2) is 11.8. The molecule has 2 aromatic carbocycles. The summed E-state index contributed by atoms with van der Waals surface area (Å²) in [6, 6.07) is 7.96. The molecule has 0 bridgehead atoms. The molecular weight excluding hydrogens is 540 g/mol. The molecule has 2 aliphatic rings. The van der Waals surface area contributed by atoms with E-state index in [-0.39, 0.29) is 31.6 Å². The third-order valence-corrected chi connectivity index (χ3v) is 6.81. The number of ether oxygens (including phenoxy) is 1. The summed E-state index contributed by atoms with van der Waals surface area (Å²) in [5.41, 5.74) is 0.761. The van der Waals surface area contributed by atoms with E-state index in [1.54, 1.807) is 24.3 Å². The molecule has 11 nitrogen and oxygen atoms in total. The molecule has 2 saturated heterocycles. The number of benzene rings is 2. The number of methoxy groups -OCH3 is 1. The number of amides is 4. The van der Waals surface area contributed by atoms with Gasteiger partial charge in [0.25, 0.3) is 0 Å². The Bertz CT molecular complexity index is 1270. The number of urea groups is 1. The molecule has 0 unspecified atom stereocenters. The van der Waals surface area contributed by atoms with Gasteiger partial charge >= 0.3 is 12.0 Å². The van der Waals surface area contributed by atoms with E-state index in [9.17, 15) is 33.1 Å². The molecule has 0 saturated carbocycles. The molecule has 0 aliphatic carbocycles. The number of nitrogens with zero attached hydrogens (tertiary/aromatic N) is 4. The predicted octanol–water partition coefficient (Wildman–Crippen LogP) is 2.30. The maximum atomic E-state index is 14.4. The number of rotatable bonds is 8. The summed E-state index contributed by atoms with van der Waals surface area (Å²) < 4.78 is 33.9. The van der Waals surface area contributed by atoms with Crippen molar-refractivity contribution < 1.29 is 37.8 Å². The van der Waals surface area contributed by atoms with Crippen LogP contribution in [0.25, 0.3) is 0 Å². The van der Waals surface area contributed by atoms with Gasteiger partial charge in [-0.2, -0.15) is 0 Å². The summed E-state index contributed by atoms with van der Waals surface area (Å²) in [6.07, 6.45) is -1.78. The molecule has 39 heavy (non-hydrogen) atoms. The zero-order valence-electron chi connectivity index (χ0n) is 20.8. The van der Waals surface area contributed by atoms with Gasteiger partial charge in [0.2, 0.25) is 11.8 Å². The molecule has 4 rings (SSSR count). The highest BCUT2D eigenvalue weighted by atomic mass is 35.5. The van der Waals surface area contributed by atoms with Crippen molar-refractivity contribution >= 4 is 35.6 Å². The third-order valence-electron chi connectivity index (χ3n) is 6.53. The quantitative estimate of drug-likeness (QED) is 0.471.